The number of hydrogen-bond acceptors (Lipinski definition) is 1. The van der Waals surface area contributed by atoms with Gasteiger partial charge in [0, 0.05) is 12.4 Å². The standard InChI is InChI=1S/C12H14N2/c1-12(2,14-9-8-13-10-14)11-6-4-3-5-7-11/h3-10H,1-2H3. The molecule has 2 heteroatoms. The molecule has 0 aliphatic carbocycles. The Balaban J connectivity index is 2.43. The van der Waals surface area contributed by atoms with Crippen molar-refractivity contribution in [1.29, 1.82) is 0 Å². The number of aromatic nitrogens is 2. The first kappa shape index (κ1) is 9.00. The minimum absolute atomic E-state index is 0.0300. The summed E-state index contributed by atoms with van der Waals surface area (Å²) in [7, 11) is 0. The quantitative estimate of drug-likeness (QED) is 0.705. The first-order valence-electron chi connectivity index (χ1n) is 4.75. The van der Waals surface area contributed by atoms with E-state index in [0.29, 0.717) is 0 Å². The van der Waals surface area contributed by atoms with Crippen LogP contribution in [0.15, 0.2) is 49.1 Å². The maximum Gasteiger partial charge on any atom is 0.0953 e. The van der Waals surface area contributed by atoms with Crippen LogP contribution < -0.4 is 0 Å². The molecule has 0 saturated carbocycles. The van der Waals surface area contributed by atoms with Crippen molar-refractivity contribution in [3.63, 3.8) is 0 Å². The second-order valence-corrected chi connectivity index (χ2v) is 3.89. The van der Waals surface area contributed by atoms with E-state index in [-0.39, 0.29) is 5.54 Å². The highest BCUT2D eigenvalue weighted by atomic mass is 15.1. The van der Waals surface area contributed by atoms with Crippen molar-refractivity contribution in [3.05, 3.63) is 54.6 Å². The lowest BCUT2D eigenvalue weighted by atomic mass is 9.94. The van der Waals surface area contributed by atoms with E-state index >= 15 is 0 Å². The highest BCUT2D eigenvalue weighted by Crippen LogP contribution is 2.24. The molecule has 0 aliphatic heterocycles. The molecule has 0 fully saturated rings. The van der Waals surface area contributed by atoms with Gasteiger partial charge >= 0.3 is 0 Å². The van der Waals surface area contributed by atoms with E-state index in [2.05, 4.69) is 47.7 Å². The zero-order chi connectivity index (χ0) is 10.0. The highest BCUT2D eigenvalue weighted by molar-refractivity contribution is 5.23. The van der Waals surface area contributed by atoms with Crippen LogP contribution in [-0.4, -0.2) is 9.55 Å². The van der Waals surface area contributed by atoms with Crippen molar-refractivity contribution in [1.82, 2.24) is 9.55 Å². The fourth-order valence-corrected chi connectivity index (χ4v) is 1.58. The molecule has 0 saturated heterocycles. The highest BCUT2D eigenvalue weighted by Gasteiger charge is 2.21. The van der Waals surface area contributed by atoms with Gasteiger partial charge in [0.2, 0.25) is 0 Å². The molecule has 0 N–H and O–H groups in total. The third-order valence-electron chi connectivity index (χ3n) is 2.63. The van der Waals surface area contributed by atoms with Crippen LogP contribution in [0.1, 0.15) is 19.4 Å². The Morgan fingerprint density at radius 2 is 1.86 bits per heavy atom. The van der Waals surface area contributed by atoms with Crippen molar-refractivity contribution in [2.45, 2.75) is 19.4 Å². The van der Waals surface area contributed by atoms with Crippen LogP contribution in [0.3, 0.4) is 0 Å². The van der Waals surface area contributed by atoms with Gasteiger partial charge in [0.25, 0.3) is 0 Å². The fourth-order valence-electron chi connectivity index (χ4n) is 1.58. The number of nitrogens with zero attached hydrogens (tertiary/aromatic N) is 2. The van der Waals surface area contributed by atoms with Crippen LogP contribution in [0.2, 0.25) is 0 Å². The van der Waals surface area contributed by atoms with E-state index in [1.807, 2.05) is 24.8 Å². The van der Waals surface area contributed by atoms with Gasteiger partial charge in [0.05, 0.1) is 11.9 Å². The van der Waals surface area contributed by atoms with E-state index in [4.69, 9.17) is 0 Å². The largest absolute Gasteiger partial charge is 0.328 e. The molecule has 1 aromatic carbocycles. The first-order valence-corrected chi connectivity index (χ1v) is 4.75. The zero-order valence-electron chi connectivity index (χ0n) is 8.51. The van der Waals surface area contributed by atoms with Gasteiger partial charge in [-0.25, -0.2) is 4.98 Å². The van der Waals surface area contributed by atoms with Gasteiger partial charge in [-0.05, 0) is 19.4 Å². The van der Waals surface area contributed by atoms with E-state index in [1.165, 1.54) is 5.56 Å². The normalized spacial score (nSPS) is 11.6. The van der Waals surface area contributed by atoms with Gasteiger partial charge in [-0.1, -0.05) is 30.3 Å². The van der Waals surface area contributed by atoms with E-state index < -0.39 is 0 Å². The molecule has 0 aliphatic rings. The molecule has 1 heterocycles. The predicted octanol–water partition coefficient (Wildman–Crippen LogP) is 2.67. The second kappa shape index (κ2) is 3.29. The van der Waals surface area contributed by atoms with E-state index in [0.717, 1.165) is 0 Å². The smallest absolute Gasteiger partial charge is 0.0953 e. The average molecular weight is 186 g/mol. The third kappa shape index (κ3) is 1.43. The number of hydrogen-bond donors (Lipinski definition) is 0. The van der Waals surface area contributed by atoms with E-state index in [9.17, 15) is 0 Å². The Morgan fingerprint density at radius 1 is 1.14 bits per heavy atom. The third-order valence-corrected chi connectivity index (χ3v) is 2.63. The van der Waals surface area contributed by atoms with Crippen LogP contribution in [-0.2, 0) is 5.54 Å². The second-order valence-electron chi connectivity index (χ2n) is 3.89. The number of rotatable bonds is 2. The van der Waals surface area contributed by atoms with Gasteiger partial charge < -0.3 is 4.57 Å². The molecular formula is C12H14N2. The predicted molar refractivity (Wildman–Crippen MR) is 57.1 cm³/mol. The van der Waals surface area contributed by atoms with Gasteiger partial charge in [-0.3, -0.25) is 0 Å². The topological polar surface area (TPSA) is 17.8 Å². The number of benzene rings is 1. The monoisotopic (exact) mass is 186 g/mol. The van der Waals surface area contributed by atoms with Crippen molar-refractivity contribution < 1.29 is 0 Å². The van der Waals surface area contributed by atoms with Crippen molar-refractivity contribution in [2.75, 3.05) is 0 Å². The summed E-state index contributed by atoms with van der Waals surface area (Å²) in [5, 5.41) is 0. The molecule has 1 aromatic heterocycles. The lowest BCUT2D eigenvalue weighted by molar-refractivity contribution is 0.435. The Kier molecular flexibility index (Phi) is 2.12. The van der Waals surface area contributed by atoms with Crippen LogP contribution in [0.25, 0.3) is 0 Å². The lowest BCUT2D eigenvalue weighted by Crippen LogP contribution is -2.26. The summed E-state index contributed by atoms with van der Waals surface area (Å²) < 4.78 is 2.11. The van der Waals surface area contributed by atoms with Crippen molar-refractivity contribution in [3.8, 4) is 0 Å². The fraction of sp³-hybridized carbons (Fsp3) is 0.250. The molecule has 14 heavy (non-hydrogen) atoms. The Bertz CT molecular complexity index is 388. The summed E-state index contributed by atoms with van der Waals surface area (Å²) >= 11 is 0. The van der Waals surface area contributed by atoms with Crippen molar-refractivity contribution >= 4 is 0 Å². The van der Waals surface area contributed by atoms with Crippen molar-refractivity contribution in [2.24, 2.45) is 0 Å². The summed E-state index contributed by atoms with van der Waals surface area (Å²) in [6.07, 6.45) is 5.66. The molecule has 2 nitrogen and oxygen atoms in total. The van der Waals surface area contributed by atoms with Gasteiger partial charge in [-0.15, -0.1) is 0 Å². The number of imidazole rings is 1. The molecule has 0 unspecified atom stereocenters. The average Bonchev–Trinajstić information content (AvgIpc) is 2.72. The molecule has 0 radical (unpaired) electrons. The molecule has 2 rings (SSSR count). The summed E-state index contributed by atoms with van der Waals surface area (Å²) in [5.74, 6) is 0. The van der Waals surface area contributed by atoms with Gasteiger partial charge in [0.15, 0.2) is 0 Å². The minimum atomic E-state index is -0.0300. The molecular weight excluding hydrogens is 172 g/mol. The summed E-state index contributed by atoms with van der Waals surface area (Å²) in [5.41, 5.74) is 1.26. The zero-order valence-corrected chi connectivity index (χ0v) is 8.51. The maximum atomic E-state index is 4.08. The minimum Gasteiger partial charge on any atom is -0.328 e. The lowest BCUT2D eigenvalue weighted by Gasteiger charge is -2.26. The summed E-state index contributed by atoms with van der Waals surface area (Å²) in [6, 6.07) is 10.4. The molecule has 0 amide bonds. The molecule has 0 spiro atoms. The van der Waals surface area contributed by atoms with Crippen LogP contribution in [0, 0.1) is 0 Å². The molecule has 2 aromatic rings. The molecule has 0 atom stereocenters. The van der Waals surface area contributed by atoms with Crippen LogP contribution >= 0.6 is 0 Å². The Labute approximate surface area is 84.2 Å². The molecule has 0 bridgehead atoms. The first-order chi connectivity index (χ1) is 6.71. The molecule has 72 valence electrons. The summed E-state index contributed by atoms with van der Waals surface area (Å²) in [6.45, 7) is 4.37. The Hall–Kier alpha value is -1.57. The van der Waals surface area contributed by atoms with Crippen LogP contribution in [0.5, 0.6) is 0 Å². The Morgan fingerprint density at radius 3 is 2.43 bits per heavy atom. The summed E-state index contributed by atoms with van der Waals surface area (Å²) in [4.78, 5) is 4.08. The van der Waals surface area contributed by atoms with Crippen LogP contribution in [0.4, 0.5) is 0 Å². The van der Waals surface area contributed by atoms with E-state index in [1.54, 1.807) is 0 Å². The maximum absolute atomic E-state index is 4.08. The van der Waals surface area contributed by atoms with Gasteiger partial charge in [0.1, 0.15) is 0 Å². The SMILES string of the molecule is CC(C)(c1ccccc1)n1ccnc1. The van der Waals surface area contributed by atoms with Gasteiger partial charge in [-0.2, -0.15) is 0 Å².